The summed E-state index contributed by atoms with van der Waals surface area (Å²) in [5.74, 6) is -0.241. The van der Waals surface area contributed by atoms with Crippen LogP contribution < -0.4 is 14.4 Å². The molecule has 0 saturated heterocycles. The fourth-order valence-corrected chi connectivity index (χ4v) is 5.81. The van der Waals surface area contributed by atoms with E-state index in [0.717, 1.165) is 5.56 Å². The molecule has 11 heteroatoms. The average Bonchev–Trinajstić information content (AvgIpc) is 3.32. The maximum absolute atomic E-state index is 13.4. The number of halogens is 1. The minimum Gasteiger partial charge on any atom is -0.476 e. The standard InChI is InChI=1S/C23H17ClN4O4S2/c24-16-10-12-17(13-11-16)34(30,31)28-14-20(32-19-9-5-4-8-18(19)28)21(29)25-23-27-26-22(33-23)15-6-2-1-3-7-15/h1-13,20H,14H2,(H,25,27,29)/t20-/m1/s1. The highest BCUT2D eigenvalue weighted by Gasteiger charge is 2.37. The number of para-hydroxylation sites is 2. The Morgan fingerprint density at radius 2 is 1.71 bits per heavy atom. The van der Waals surface area contributed by atoms with Crippen LogP contribution in [-0.2, 0) is 14.8 Å². The summed E-state index contributed by atoms with van der Waals surface area (Å²) in [6.07, 6.45) is -1.10. The van der Waals surface area contributed by atoms with E-state index in [-0.39, 0.29) is 17.2 Å². The van der Waals surface area contributed by atoms with Crippen LogP contribution in [0.4, 0.5) is 10.8 Å². The number of amides is 1. The van der Waals surface area contributed by atoms with E-state index in [1.54, 1.807) is 24.3 Å². The van der Waals surface area contributed by atoms with Gasteiger partial charge in [0.1, 0.15) is 10.8 Å². The number of nitrogens with one attached hydrogen (secondary N) is 1. The van der Waals surface area contributed by atoms with E-state index in [4.69, 9.17) is 16.3 Å². The lowest BCUT2D eigenvalue weighted by atomic mass is 10.2. The number of nitrogens with zero attached hydrogens (tertiary/aromatic N) is 3. The van der Waals surface area contributed by atoms with Gasteiger partial charge in [-0.3, -0.25) is 14.4 Å². The summed E-state index contributed by atoms with van der Waals surface area (Å²) in [6.45, 7) is -0.210. The van der Waals surface area contributed by atoms with Gasteiger partial charge in [-0.1, -0.05) is 65.4 Å². The van der Waals surface area contributed by atoms with Crippen LogP contribution in [0, 0.1) is 0 Å². The number of benzene rings is 3. The number of rotatable bonds is 5. The van der Waals surface area contributed by atoms with Crippen LogP contribution >= 0.6 is 22.9 Å². The number of anilines is 2. The molecule has 0 unspecified atom stereocenters. The number of hydrogen-bond acceptors (Lipinski definition) is 7. The molecule has 172 valence electrons. The van der Waals surface area contributed by atoms with Gasteiger partial charge in [0.2, 0.25) is 5.13 Å². The summed E-state index contributed by atoms with van der Waals surface area (Å²) in [4.78, 5) is 13.1. The molecule has 0 bridgehead atoms. The molecular formula is C23H17ClN4O4S2. The number of fused-ring (bicyclic) bond motifs is 1. The van der Waals surface area contributed by atoms with Crippen molar-refractivity contribution in [2.75, 3.05) is 16.2 Å². The first-order valence-corrected chi connectivity index (χ1v) is 12.8. The molecule has 1 N–H and O–H groups in total. The maximum atomic E-state index is 13.4. The van der Waals surface area contributed by atoms with E-state index in [0.29, 0.717) is 20.8 Å². The summed E-state index contributed by atoms with van der Waals surface area (Å²) in [5.41, 5.74) is 1.23. The lowest BCUT2D eigenvalue weighted by Crippen LogP contribution is -2.48. The van der Waals surface area contributed by atoms with E-state index in [1.165, 1.54) is 39.9 Å². The van der Waals surface area contributed by atoms with Crippen molar-refractivity contribution in [1.29, 1.82) is 0 Å². The molecule has 0 radical (unpaired) electrons. The second kappa shape index (κ2) is 9.05. The molecule has 0 saturated carbocycles. The Morgan fingerprint density at radius 1 is 1.00 bits per heavy atom. The van der Waals surface area contributed by atoms with E-state index >= 15 is 0 Å². The van der Waals surface area contributed by atoms with Crippen molar-refractivity contribution in [1.82, 2.24) is 10.2 Å². The molecule has 5 rings (SSSR count). The molecular weight excluding hydrogens is 496 g/mol. The SMILES string of the molecule is O=C(Nc1nnc(-c2ccccc2)s1)[C@H]1CN(S(=O)(=O)c2ccc(Cl)cc2)c2ccccc2O1. The number of hydrogen-bond donors (Lipinski definition) is 1. The summed E-state index contributed by atoms with van der Waals surface area (Å²) in [6, 6.07) is 22.0. The molecule has 4 aromatic rings. The Morgan fingerprint density at radius 3 is 2.47 bits per heavy atom. The van der Waals surface area contributed by atoms with Crippen LogP contribution in [0.25, 0.3) is 10.6 Å². The predicted molar refractivity (Wildman–Crippen MR) is 131 cm³/mol. The van der Waals surface area contributed by atoms with Gasteiger partial charge in [0.05, 0.1) is 17.1 Å². The molecule has 1 aliphatic rings. The summed E-state index contributed by atoms with van der Waals surface area (Å²) >= 11 is 7.13. The van der Waals surface area contributed by atoms with E-state index in [1.807, 2.05) is 30.3 Å². The van der Waals surface area contributed by atoms with E-state index in [2.05, 4.69) is 15.5 Å². The molecule has 3 aromatic carbocycles. The second-order valence-corrected chi connectivity index (χ2v) is 10.6. The van der Waals surface area contributed by atoms with Gasteiger partial charge in [0, 0.05) is 10.6 Å². The smallest absolute Gasteiger partial charge is 0.269 e. The highest BCUT2D eigenvalue weighted by atomic mass is 35.5. The fourth-order valence-electron chi connectivity index (χ4n) is 3.46. The Labute approximate surface area is 204 Å². The Hall–Kier alpha value is -3.47. The zero-order chi connectivity index (χ0) is 23.7. The lowest BCUT2D eigenvalue weighted by molar-refractivity contribution is -0.122. The number of carbonyl (C=O) groups is 1. The summed E-state index contributed by atoms with van der Waals surface area (Å²) in [7, 11) is -3.97. The first kappa shape index (κ1) is 22.3. The molecule has 0 spiro atoms. The fraction of sp³-hybridized carbons (Fsp3) is 0.0870. The van der Waals surface area contributed by atoms with E-state index in [9.17, 15) is 13.2 Å². The summed E-state index contributed by atoms with van der Waals surface area (Å²) < 4.78 is 33.9. The van der Waals surface area contributed by atoms with Crippen LogP contribution in [-0.4, -0.2) is 37.2 Å². The molecule has 1 amide bonds. The Bertz CT molecular complexity index is 1440. The highest BCUT2D eigenvalue weighted by Crippen LogP contribution is 2.37. The average molecular weight is 513 g/mol. The Kier molecular flexibility index (Phi) is 5.94. The van der Waals surface area contributed by atoms with Crippen LogP contribution in [0.2, 0.25) is 5.02 Å². The molecule has 0 fully saturated rings. The van der Waals surface area contributed by atoms with Crippen molar-refractivity contribution in [3.63, 3.8) is 0 Å². The molecule has 2 heterocycles. The lowest BCUT2D eigenvalue weighted by Gasteiger charge is -2.34. The number of aromatic nitrogens is 2. The van der Waals surface area contributed by atoms with Crippen molar-refractivity contribution in [2.45, 2.75) is 11.0 Å². The van der Waals surface area contributed by atoms with Gasteiger partial charge in [0.15, 0.2) is 6.10 Å². The normalized spacial score (nSPS) is 15.3. The molecule has 1 atom stereocenters. The minimum absolute atomic E-state index is 0.0596. The maximum Gasteiger partial charge on any atom is 0.269 e. The van der Waals surface area contributed by atoms with Crippen LogP contribution in [0.15, 0.2) is 83.8 Å². The monoisotopic (exact) mass is 512 g/mol. The van der Waals surface area contributed by atoms with Crippen molar-refractivity contribution >= 4 is 49.7 Å². The van der Waals surface area contributed by atoms with Crippen LogP contribution in [0.3, 0.4) is 0 Å². The van der Waals surface area contributed by atoms with Gasteiger partial charge < -0.3 is 4.74 Å². The topological polar surface area (TPSA) is 101 Å². The largest absolute Gasteiger partial charge is 0.476 e. The molecule has 8 nitrogen and oxygen atoms in total. The van der Waals surface area contributed by atoms with Crippen LogP contribution in [0.5, 0.6) is 5.75 Å². The third-order valence-corrected chi connectivity index (χ3v) is 8.04. The summed E-state index contributed by atoms with van der Waals surface area (Å²) in [5, 5.41) is 12.2. The zero-order valence-corrected chi connectivity index (χ0v) is 19.8. The van der Waals surface area contributed by atoms with Crippen LogP contribution in [0.1, 0.15) is 0 Å². The molecule has 1 aromatic heterocycles. The van der Waals surface area contributed by atoms with E-state index < -0.39 is 22.0 Å². The van der Waals surface area contributed by atoms with Crippen molar-refractivity contribution < 1.29 is 17.9 Å². The molecule has 0 aliphatic carbocycles. The quantitative estimate of drug-likeness (QED) is 0.424. The van der Waals surface area contributed by atoms with Crippen molar-refractivity contribution in [2.24, 2.45) is 0 Å². The Balaban J connectivity index is 1.41. The zero-order valence-electron chi connectivity index (χ0n) is 17.5. The number of sulfonamides is 1. The number of carbonyl (C=O) groups excluding carboxylic acids is 1. The second-order valence-electron chi connectivity index (χ2n) is 7.33. The minimum atomic E-state index is -3.97. The molecule has 1 aliphatic heterocycles. The first-order valence-electron chi connectivity index (χ1n) is 10.2. The van der Waals surface area contributed by atoms with Gasteiger partial charge in [-0.25, -0.2) is 8.42 Å². The van der Waals surface area contributed by atoms with Gasteiger partial charge in [0.25, 0.3) is 15.9 Å². The van der Waals surface area contributed by atoms with Gasteiger partial charge in [-0.05, 0) is 36.4 Å². The predicted octanol–water partition coefficient (Wildman–Crippen LogP) is 4.45. The number of ether oxygens (including phenoxy) is 1. The van der Waals surface area contributed by atoms with Gasteiger partial charge in [-0.15, -0.1) is 10.2 Å². The highest BCUT2D eigenvalue weighted by molar-refractivity contribution is 7.92. The first-order chi connectivity index (χ1) is 16.4. The third kappa shape index (κ3) is 4.35. The van der Waals surface area contributed by atoms with Crippen molar-refractivity contribution in [3.8, 4) is 16.3 Å². The van der Waals surface area contributed by atoms with Crippen molar-refractivity contribution in [3.05, 3.63) is 83.9 Å². The molecule has 34 heavy (non-hydrogen) atoms. The van der Waals surface area contributed by atoms with Gasteiger partial charge >= 0.3 is 0 Å². The van der Waals surface area contributed by atoms with Gasteiger partial charge in [-0.2, -0.15) is 0 Å². The third-order valence-electron chi connectivity index (χ3n) is 5.10.